The molecular weight excluding hydrogens is 232 g/mol. The monoisotopic (exact) mass is 256 g/mol. The van der Waals surface area contributed by atoms with Crippen molar-refractivity contribution in [3.05, 3.63) is 0 Å². The van der Waals surface area contributed by atoms with Crippen LogP contribution in [-0.4, -0.2) is 59.0 Å². The van der Waals surface area contributed by atoms with Gasteiger partial charge in [-0.05, 0) is 33.2 Å². The average Bonchev–Trinajstić information content (AvgIpc) is 2.83. The Morgan fingerprint density at radius 2 is 2.11 bits per heavy atom. The molecule has 0 saturated carbocycles. The molecule has 1 aliphatic rings. The highest BCUT2D eigenvalue weighted by molar-refractivity contribution is 5.81. The van der Waals surface area contributed by atoms with E-state index in [4.69, 9.17) is 5.11 Å². The van der Waals surface area contributed by atoms with Crippen molar-refractivity contribution in [1.82, 2.24) is 9.80 Å². The molecule has 0 bridgehead atoms. The molecule has 0 radical (unpaired) electrons. The zero-order valence-corrected chi connectivity index (χ0v) is 11.6. The summed E-state index contributed by atoms with van der Waals surface area (Å²) in [7, 11) is 0. The molecule has 1 aliphatic heterocycles. The van der Waals surface area contributed by atoms with Crippen molar-refractivity contribution in [2.24, 2.45) is 5.92 Å². The fraction of sp³-hybridized carbons (Fsp3) is 0.846. The third kappa shape index (κ3) is 3.45. The number of carbonyl (C=O) groups excluding carboxylic acids is 1. The number of likely N-dealkylation sites (N-methyl/N-ethyl adjacent to an activating group) is 1. The maximum atomic E-state index is 12.3. The molecule has 2 unspecified atom stereocenters. The van der Waals surface area contributed by atoms with Crippen LogP contribution < -0.4 is 0 Å². The van der Waals surface area contributed by atoms with E-state index < -0.39 is 5.97 Å². The number of amides is 1. The number of carbonyl (C=O) groups is 2. The van der Waals surface area contributed by atoms with Crippen LogP contribution in [0.5, 0.6) is 0 Å². The van der Waals surface area contributed by atoms with Gasteiger partial charge < -0.3 is 10.0 Å². The molecule has 0 aromatic heterocycles. The maximum Gasteiger partial charge on any atom is 0.307 e. The lowest BCUT2D eigenvalue weighted by Crippen LogP contribution is -2.46. The number of carboxylic acid groups (broad SMARTS) is 1. The fourth-order valence-electron chi connectivity index (χ4n) is 2.46. The minimum Gasteiger partial charge on any atom is -0.481 e. The second kappa shape index (κ2) is 6.73. The Balaban J connectivity index is 2.56. The SMILES string of the molecule is CCCN(CC)C(=O)C(C)N1CCC(C(=O)O)C1. The Morgan fingerprint density at radius 1 is 1.44 bits per heavy atom. The molecule has 2 atom stereocenters. The number of carboxylic acids is 1. The maximum absolute atomic E-state index is 12.3. The fourth-order valence-corrected chi connectivity index (χ4v) is 2.46. The van der Waals surface area contributed by atoms with E-state index in [1.54, 1.807) is 0 Å². The Hall–Kier alpha value is -1.10. The van der Waals surface area contributed by atoms with E-state index in [2.05, 4.69) is 6.92 Å². The van der Waals surface area contributed by atoms with Crippen molar-refractivity contribution in [3.8, 4) is 0 Å². The molecule has 1 saturated heterocycles. The number of hydrogen-bond donors (Lipinski definition) is 1. The van der Waals surface area contributed by atoms with Gasteiger partial charge in [-0.2, -0.15) is 0 Å². The van der Waals surface area contributed by atoms with Gasteiger partial charge in [-0.3, -0.25) is 14.5 Å². The van der Waals surface area contributed by atoms with Gasteiger partial charge in [0.2, 0.25) is 5.91 Å². The van der Waals surface area contributed by atoms with Crippen LogP contribution in [0.25, 0.3) is 0 Å². The van der Waals surface area contributed by atoms with Crippen LogP contribution >= 0.6 is 0 Å². The summed E-state index contributed by atoms with van der Waals surface area (Å²) >= 11 is 0. The molecule has 5 nitrogen and oxygen atoms in total. The lowest BCUT2D eigenvalue weighted by Gasteiger charge is -2.29. The predicted octanol–water partition coefficient (Wildman–Crippen LogP) is 1.04. The highest BCUT2D eigenvalue weighted by Crippen LogP contribution is 2.19. The summed E-state index contributed by atoms with van der Waals surface area (Å²) < 4.78 is 0. The van der Waals surface area contributed by atoms with Gasteiger partial charge in [0, 0.05) is 19.6 Å². The van der Waals surface area contributed by atoms with Crippen molar-refractivity contribution >= 4 is 11.9 Å². The number of rotatable bonds is 6. The second-order valence-corrected chi connectivity index (χ2v) is 4.91. The number of nitrogens with zero attached hydrogens (tertiary/aromatic N) is 2. The van der Waals surface area contributed by atoms with Gasteiger partial charge in [0.1, 0.15) is 0 Å². The highest BCUT2D eigenvalue weighted by atomic mass is 16.4. The van der Waals surface area contributed by atoms with Crippen molar-refractivity contribution in [1.29, 1.82) is 0 Å². The van der Waals surface area contributed by atoms with Crippen molar-refractivity contribution < 1.29 is 14.7 Å². The van der Waals surface area contributed by atoms with Crippen LogP contribution in [-0.2, 0) is 9.59 Å². The Labute approximate surface area is 109 Å². The minimum absolute atomic E-state index is 0.116. The van der Waals surface area contributed by atoms with E-state index in [1.165, 1.54) is 0 Å². The van der Waals surface area contributed by atoms with Gasteiger partial charge in [0.15, 0.2) is 0 Å². The second-order valence-electron chi connectivity index (χ2n) is 4.91. The molecule has 0 aromatic rings. The number of aliphatic carboxylic acids is 1. The van der Waals surface area contributed by atoms with Crippen LogP contribution in [0.1, 0.15) is 33.6 Å². The molecule has 1 fully saturated rings. The molecule has 18 heavy (non-hydrogen) atoms. The Bertz CT molecular complexity index is 307. The Kier molecular flexibility index (Phi) is 5.59. The van der Waals surface area contributed by atoms with Gasteiger partial charge in [-0.1, -0.05) is 6.92 Å². The van der Waals surface area contributed by atoms with Crippen molar-refractivity contribution in [3.63, 3.8) is 0 Å². The molecule has 1 amide bonds. The molecule has 0 aliphatic carbocycles. The van der Waals surface area contributed by atoms with Crippen LogP contribution in [0, 0.1) is 5.92 Å². The quantitative estimate of drug-likeness (QED) is 0.771. The van der Waals surface area contributed by atoms with Gasteiger partial charge in [-0.15, -0.1) is 0 Å². The number of likely N-dealkylation sites (tertiary alicyclic amines) is 1. The first-order valence-corrected chi connectivity index (χ1v) is 6.76. The lowest BCUT2D eigenvalue weighted by atomic mass is 10.1. The molecule has 0 spiro atoms. The van der Waals surface area contributed by atoms with E-state index in [9.17, 15) is 9.59 Å². The summed E-state index contributed by atoms with van der Waals surface area (Å²) in [6.07, 6.45) is 1.59. The minimum atomic E-state index is -0.752. The first kappa shape index (κ1) is 15.0. The summed E-state index contributed by atoms with van der Waals surface area (Å²) in [5.41, 5.74) is 0. The van der Waals surface area contributed by atoms with E-state index >= 15 is 0 Å². The topological polar surface area (TPSA) is 60.9 Å². The average molecular weight is 256 g/mol. The van der Waals surface area contributed by atoms with E-state index in [1.807, 2.05) is 23.6 Å². The largest absolute Gasteiger partial charge is 0.481 e. The first-order valence-electron chi connectivity index (χ1n) is 6.76. The lowest BCUT2D eigenvalue weighted by molar-refractivity contribution is -0.142. The third-order valence-electron chi connectivity index (χ3n) is 3.66. The summed E-state index contributed by atoms with van der Waals surface area (Å²) in [5.74, 6) is -0.954. The van der Waals surface area contributed by atoms with Crippen LogP contribution in [0.2, 0.25) is 0 Å². The summed E-state index contributed by atoms with van der Waals surface area (Å²) in [5, 5.41) is 8.97. The van der Waals surface area contributed by atoms with Gasteiger partial charge in [0.05, 0.1) is 12.0 Å². The van der Waals surface area contributed by atoms with Gasteiger partial charge >= 0.3 is 5.97 Å². The zero-order chi connectivity index (χ0) is 13.7. The van der Waals surface area contributed by atoms with Crippen LogP contribution in [0.3, 0.4) is 0 Å². The molecule has 5 heteroatoms. The van der Waals surface area contributed by atoms with Crippen LogP contribution in [0.4, 0.5) is 0 Å². The zero-order valence-electron chi connectivity index (χ0n) is 11.6. The van der Waals surface area contributed by atoms with E-state index in [-0.39, 0.29) is 17.9 Å². The molecule has 1 heterocycles. The Morgan fingerprint density at radius 3 is 2.56 bits per heavy atom. The molecule has 104 valence electrons. The molecule has 1 N–H and O–H groups in total. The standard InChI is InChI=1S/C13H24N2O3/c1-4-7-14(5-2)12(16)10(3)15-8-6-11(9-15)13(17)18/h10-11H,4-9H2,1-3H3,(H,17,18). The number of hydrogen-bond acceptors (Lipinski definition) is 3. The molecule has 0 aromatic carbocycles. The van der Waals surface area contributed by atoms with Gasteiger partial charge in [0.25, 0.3) is 0 Å². The summed E-state index contributed by atoms with van der Waals surface area (Å²) in [6.45, 7) is 8.59. The smallest absolute Gasteiger partial charge is 0.307 e. The summed E-state index contributed by atoms with van der Waals surface area (Å²) in [4.78, 5) is 27.0. The summed E-state index contributed by atoms with van der Waals surface area (Å²) in [6, 6.07) is -0.208. The van der Waals surface area contributed by atoms with E-state index in [0.717, 1.165) is 13.0 Å². The third-order valence-corrected chi connectivity index (χ3v) is 3.66. The van der Waals surface area contributed by atoms with Crippen molar-refractivity contribution in [2.75, 3.05) is 26.2 Å². The molecular formula is C13H24N2O3. The van der Waals surface area contributed by atoms with Crippen molar-refractivity contribution in [2.45, 2.75) is 39.7 Å². The van der Waals surface area contributed by atoms with E-state index in [0.29, 0.717) is 26.1 Å². The first-order chi connectivity index (χ1) is 8.51. The predicted molar refractivity (Wildman–Crippen MR) is 69.3 cm³/mol. The van der Waals surface area contributed by atoms with Gasteiger partial charge in [-0.25, -0.2) is 0 Å². The van der Waals surface area contributed by atoms with Crippen LogP contribution in [0.15, 0.2) is 0 Å². The molecule has 1 rings (SSSR count). The highest BCUT2D eigenvalue weighted by Gasteiger charge is 2.34. The normalized spacial score (nSPS) is 21.8.